The molecule has 0 bridgehead atoms. The maximum absolute atomic E-state index is 13.2. The van der Waals surface area contributed by atoms with E-state index in [1.807, 2.05) is 6.26 Å². The SMILES string of the molecule is CSc1nnnn1-c1cccc(NS(=O)(=O)c2cccc(F)c2)c1. The number of tetrazole rings is 1. The van der Waals surface area contributed by atoms with Crippen LogP contribution in [0.1, 0.15) is 0 Å². The smallest absolute Gasteiger partial charge is 0.261 e. The minimum Gasteiger partial charge on any atom is -0.280 e. The van der Waals surface area contributed by atoms with Crippen LogP contribution in [0.3, 0.4) is 0 Å². The van der Waals surface area contributed by atoms with Crippen molar-refractivity contribution in [1.29, 1.82) is 0 Å². The van der Waals surface area contributed by atoms with Gasteiger partial charge in [-0.15, -0.1) is 5.10 Å². The van der Waals surface area contributed by atoms with Gasteiger partial charge in [0.25, 0.3) is 10.0 Å². The van der Waals surface area contributed by atoms with Crippen molar-refractivity contribution < 1.29 is 12.8 Å². The van der Waals surface area contributed by atoms with Crippen LogP contribution in [0.5, 0.6) is 0 Å². The first-order valence-electron chi connectivity index (χ1n) is 6.71. The second kappa shape index (κ2) is 6.57. The highest BCUT2D eigenvalue weighted by atomic mass is 32.2. The molecule has 0 aliphatic carbocycles. The first-order valence-corrected chi connectivity index (χ1v) is 9.41. The van der Waals surface area contributed by atoms with Gasteiger partial charge in [-0.3, -0.25) is 4.72 Å². The monoisotopic (exact) mass is 365 g/mol. The third kappa shape index (κ3) is 3.39. The fourth-order valence-electron chi connectivity index (χ4n) is 2.02. The van der Waals surface area contributed by atoms with E-state index in [4.69, 9.17) is 0 Å². The molecule has 0 fully saturated rings. The number of hydrogen-bond acceptors (Lipinski definition) is 6. The topological polar surface area (TPSA) is 89.8 Å². The molecule has 0 saturated heterocycles. The van der Waals surface area contributed by atoms with E-state index in [-0.39, 0.29) is 4.90 Å². The minimum absolute atomic E-state index is 0.153. The van der Waals surface area contributed by atoms with Crippen LogP contribution < -0.4 is 4.72 Å². The summed E-state index contributed by atoms with van der Waals surface area (Å²) in [5.74, 6) is -0.620. The number of aromatic nitrogens is 4. The summed E-state index contributed by atoms with van der Waals surface area (Å²) < 4.78 is 41.9. The van der Waals surface area contributed by atoms with Gasteiger partial charge in [0.05, 0.1) is 16.3 Å². The van der Waals surface area contributed by atoms with Crippen molar-refractivity contribution in [2.45, 2.75) is 10.1 Å². The minimum atomic E-state index is -3.89. The predicted molar refractivity (Wildman–Crippen MR) is 88.1 cm³/mol. The standard InChI is InChI=1S/C14H12FN5O2S2/c1-23-14-16-18-19-20(14)12-6-3-5-11(9-12)17-24(21,22)13-7-2-4-10(15)8-13/h2-9,17H,1H3. The lowest BCUT2D eigenvalue weighted by atomic mass is 10.3. The Morgan fingerprint density at radius 1 is 1.17 bits per heavy atom. The Balaban J connectivity index is 1.93. The Kier molecular flexibility index (Phi) is 4.49. The molecule has 0 unspecified atom stereocenters. The Bertz CT molecular complexity index is 975. The first kappa shape index (κ1) is 16.4. The molecular weight excluding hydrogens is 353 g/mol. The van der Waals surface area contributed by atoms with Gasteiger partial charge in [0.15, 0.2) is 0 Å². The van der Waals surface area contributed by atoms with E-state index in [0.717, 1.165) is 6.07 Å². The van der Waals surface area contributed by atoms with E-state index >= 15 is 0 Å². The molecule has 3 aromatic rings. The third-order valence-electron chi connectivity index (χ3n) is 3.07. The van der Waals surface area contributed by atoms with E-state index in [1.54, 1.807) is 24.3 Å². The van der Waals surface area contributed by atoms with Gasteiger partial charge in [-0.25, -0.2) is 12.8 Å². The fraction of sp³-hybridized carbons (Fsp3) is 0.0714. The van der Waals surface area contributed by atoms with Gasteiger partial charge in [0.1, 0.15) is 5.82 Å². The molecule has 0 atom stereocenters. The second-order valence-electron chi connectivity index (χ2n) is 4.69. The van der Waals surface area contributed by atoms with Crippen molar-refractivity contribution in [3.8, 4) is 5.69 Å². The summed E-state index contributed by atoms with van der Waals surface area (Å²) in [5, 5.41) is 11.9. The zero-order valence-corrected chi connectivity index (χ0v) is 14.1. The quantitative estimate of drug-likeness (QED) is 0.698. The number of nitrogens with one attached hydrogen (secondary N) is 1. The molecule has 0 radical (unpaired) electrons. The van der Waals surface area contributed by atoms with E-state index in [1.165, 1.54) is 34.6 Å². The number of sulfonamides is 1. The van der Waals surface area contributed by atoms with Crippen molar-refractivity contribution in [2.24, 2.45) is 0 Å². The Morgan fingerprint density at radius 2 is 1.96 bits per heavy atom. The molecule has 3 rings (SSSR count). The number of rotatable bonds is 5. The number of halogens is 1. The summed E-state index contributed by atoms with van der Waals surface area (Å²) >= 11 is 1.36. The molecule has 7 nitrogen and oxygen atoms in total. The van der Waals surface area contributed by atoms with Crippen molar-refractivity contribution in [3.63, 3.8) is 0 Å². The molecule has 2 aromatic carbocycles. The molecule has 10 heteroatoms. The number of hydrogen-bond donors (Lipinski definition) is 1. The summed E-state index contributed by atoms with van der Waals surface area (Å²) in [6.45, 7) is 0. The molecule has 1 aromatic heterocycles. The third-order valence-corrected chi connectivity index (χ3v) is 5.07. The maximum atomic E-state index is 13.2. The highest BCUT2D eigenvalue weighted by molar-refractivity contribution is 7.98. The van der Waals surface area contributed by atoms with Crippen molar-refractivity contribution >= 4 is 27.5 Å². The van der Waals surface area contributed by atoms with Crippen LogP contribution in [-0.2, 0) is 10.0 Å². The van der Waals surface area contributed by atoms with E-state index in [0.29, 0.717) is 16.5 Å². The van der Waals surface area contributed by atoms with Crippen LogP contribution in [0, 0.1) is 5.82 Å². The molecule has 0 aliphatic rings. The Hall–Kier alpha value is -2.46. The number of anilines is 1. The normalized spacial score (nSPS) is 11.4. The van der Waals surface area contributed by atoms with Gasteiger partial charge < -0.3 is 0 Å². The Labute approximate surface area is 141 Å². The fourth-order valence-corrected chi connectivity index (χ4v) is 3.53. The molecule has 0 aliphatic heterocycles. The van der Waals surface area contributed by atoms with Crippen LogP contribution >= 0.6 is 11.8 Å². The highest BCUT2D eigenvalue weighted by Crippen LogP contribution is 2.21. The summed E-state index contributed by atoms with van der Waals surface area (Å²) in [6, 6.07) is 11.4. The van der Waals surface area contributed by atoms with E-state index in [2.05, 4.69) is 20.2 Å². The van der Waals surface area contributed by atoms with E-state index in [9.17, 15) is 12.8 Å². The average molecular weight is 365 g/mol. The average Bonchev–Trinajstić information content (AvgIpc) is 3.03. The number of benzene rings is 2. The lowest BCUT2D eigenvalue weighted by Crippen LogP contribution is -2.13. The van der Waals surface area contributed by atoms with Crippen LogP contribution in [-0.4, -0.2) is 34.9 Å². The lowest BCUT2D eigenvalue weighted by Gasteiger charge is -2.10. The molecule has 0 saturated carbocycles. The van der Waals surface area contributed by atoms with Gasteiger partial charge in [-0.1, -0.05) is 23.9 Å². The second-order valence-corrected chi connectivity index (χ2v) is 7.15. The largest absolute Gasteiger partial charge is 0.280 e. The summed E-state index contributed by atoms with van der Waals surface area (Å²) in [6.07, 6.45) is 1.83. The van der Waals surface area contributed by atoms with E-state index < -0.39 is 15.8 Å². The van der Waals surface area contributed by atoms with Crippen molar-refractivity contribution in [3.05, 3.63) is 54.3 Å². The van der Waals surface area contributed by atoms with Gasteiger partial charge in [-0.05, 0) is 53.1 Å². The van der Waals surface area contributed by atoms with Crippen LogP contribution in [0.25, 0.3) is 5.69 Å². The summed E-state index contributed by atoms with van der Waals surface area (Å²) in [7, 11) is -3.89. The highest BCUT2D eigenvalue weighted by Gasteiger charge is 2.15. The molecule has 0 spiro atoms. The first-order chi connectivity index (χ1) is 11.5. The van der Waals surface area contributed by atoms with Gasteiger partial charge >= 0.3 is 0 Å². The summed E-state index contributed by atoms with van der Waals surface area (Å²) in [5.41, 5.74) is 0.920. The van der Waals surface area contributed by atoms with Gasteiger partial charge in [0.2, 0.25) is 5.16 Å². The van der Waals surface area contributed by atoms with Gasteiger partial charge in [0, 0.05) is 0 Å². The Morgan fingerprint density at radius 3 is 2.71 bits per heavy atom. The maximum Gasteiger partial charge on any atom is 0.261 e. The zero-order chi connectivity index (χ0) is 17.2. The molecule has 0 amide bonds. The van der Waals surface area contributed by atoms with Crippen LogP contribution in [0.15, 0.2) is 58.6 Å². The summed E-state index contributed by atoms with van der Waals surface area (Å²) in [4.78, 5) is -0.153. The number of nitrogens with zero attached hydrogens (tertiary/aromatic N) is 4. The van der Waals surface area contributed by atoms with Crippen LogP contribution in [0.4, 0.5) is 10.1 Å². The predicted octanol–water partition coefficient (Wildman–Crippen LogP) is 2.32. The molecule has 24 heavy (non-hydrogen) atoms. The van der Waals surface area contributed by atoms with Crippen molar-refractivity contribution in [2.75, 3.05) is 11.0 Å². The van der Waals surface area contributed by atoms with Crippen LogP contribution in [0.2, 0.25) is 0 Å². The molecule has 1 heterocycles. The molecule has 124 valence electrons. The lowest BCUT2D eigenvalue weighted by molar-refractivity contribution is 0.595. The number of thioether (sulfide) groups is 1. The molecular formula is C14H12FN5O2S2. The van der Waals surface area contributed by atoms with Crippen molar-refractivity contribution in [1.82, 2.24) is 20.2 Å². The molecule has 1 N–H and O–H groups in total. The van der Waals surface area contributed by atoms with Gasteiger partial charge in [-0.2, -0.15) is 4.68 Å². The zero-order valence-electron chi connectivity index (χ0n) is 12.4.